The van der Waals surface area contributed by atoms with E-state index in [9.17, 15) is 4.79 Å². The van der Waals surface area contributed by atoms with Crippen molar-refractivity contribution in [3.05, 3.63) is 53.5 Å². The number of nitrogens with zero attached hydrogens (tertiary/aromatic N) is 2. The minimum atomic E-state index is -0.00362. The van der Waals surface area contributed by atoms with Gasteiger partial charge in [0, 0.05) is 36.9 Å². The maximum atomic E-state index is 12.9. The maximum Gasteiger partial charge on any atom is 0.289 e. The molecule has 0 bridgehead atoms. The largest absolute Gasteiger partial charge is 0.459 e. The second-order valence-corrected chi connectivity index (χ2v) is 7.23. The summed E-state index contributed by atoms with van der Waals surface area (Å²) in [4.78, 5) is 17.1. The predicted octanol–water partition coefficient (Wildman–Crippen LogP) is 2.65. The molecule has 0 saturated carbocycles. The van der Waals surface area contributed by atoms with E-state index >= 15 is 0 Å². The Hall–Kier alpha value is -2.27. The Kier molecular flexibility index (Phi) is 4.25. The molecule has 2 aliphatic heterocycles. The number of para-hydroxylation sites is 1. The van der Waals surface area contributed by atoms with Gasteiger partial charge >= 0.3 is 0 Å². The van der Waals surface area contributed by atoms with E-state index in [2.05, 4.69) is 36.1 Å². The van der Waals surface area contributed by atoms with Crippen LogP contribution in [0.4, 0.5) is 5.69 Å². The van der Waals surface area contributed by atoms with Crippen LogP contribution in [-0.2, 0) is 13.0 Å². The van der Waals surface area contributed by atoms with Crippen LogP contribution in [0, 0.1) is 5.92 Å². The van der Waals surface area contributed by atoms with Gasteiger partial charge < -0.3 is 20.0 Å². The molecule has 1 aromatic carbocycles. The highest BCUT2D eigenvalue weighted by atomic mass is 16.3. The Bertz CT molecular complexity index is 770. The molecule has 2 N–H and O–H groups in total. The molecule has 132 valence electrons. The van der Waals surface area contributed by atoms with Crippen molar-refractivity contribution >= 4 is 11.6 Å². The van der Waals surface area contributed by atoms with Gasteiger partial charge in [-0.05, 0) is 49.9 Å². The molecule has 0 unspecified atom stereocenters. The van der Waals surface area contributed by atoms with Crippen LogP contribution in [0.5, 0.6) is 0 Å². The van der Waals surface area contributed by atoms with Gasteiger partial charge in [-0.25, -0.2) is 0 Å². The van der Waals surface area contributed by atoms with Crippen molar-refractivity contribution in [2.75, 3.05) is 24.5 Å². The first-order chi connectivity index (χ1) is 12.2. The first-order valence-electron chi connectivity index (χ1n) is 9.07. The number of benzene rings is 1. The normalized spacial score (nSPS) is 22.5. The molecule has 0 spiro atoms. The Morgan fingerprint density at radius 2 is 2.16 bits per heavy atom. The summed E-state index contributed by atoms with van der Waals surface area (Å²) in [7, 11) is 0. The quantitative estimate of drug-likeness (QED) is 0.930. The molecule has 5 nitrogen and oxygen atoms in total. The van der Waals surface area contributed by atoms with Crippen molar-refractivity contribution in [3.8, 4) is 0 Å². The lowest BCUT2D eigenvalue weighted by atomic mass is 10.1. The zero-order valence-corrected chi connectivity index (χ0v) is 14.6. The van der Waals surface area contributed by atoms with Gasteiger partial charge in [-0.1, -0.05) is 18.2 Å². The first kappa shape index (κ1) is 16.2. The first-order valence-corrected chi connectivity index (χ1v) is 9.07. The lowest BCUT2D eigenvalue weighted by Crippen LogP contribution is -2.32. The minimum Gasteiger partial charge on any atom is -0.459 e. The van der Waals surface area contributed by atoms with E-state index in [1.54, 1.807) is 6.26 Å². The van der Waals surface area contributed by atoms with Gasteiger partial charge in [0.2, 0.25) is 0 Å². The summed E-state index contributed by atoms with van der Waals surface area (Å²) in [5, 5.41) is 0. The van der Waals surface area contributed by atoms with Crippen molar-refractivity contribution in [1.29, 1.82) is 0 Å². The van der Waals surface area contributed by atoms with Gasteiger partial charge in [-0.3, -0.25) is 4.79 Å². The molecule has 4 rings (SSSR count). The number of hydrogen-bond donors (Lipinski definition) is 1. The van der Waals surface area contributed by atoms with Crippen LogP contribution in [0.15, 0.2) is 41.0 Å². The number of carbonyl (C=O) groups is 1. The average Bonchev–Trinajstić information content (AvgIpc) is 3.34. The fourth-order valence-corrected chi connectivity index (χ4v) is 4.05. The van der Waals surface area contributed by atoms with Crippen molar-refractivity contribution < 1.29 is 9.21 Å². The van der Waals surface area contributed by atoms with E-state index in [1.807, 2.05) is 11.0 Å². The van der Waals surface area contributed by atoms with Crippen LogP contribution < -0.4 is 10.6 Å². The average molecular weight is 339 g/mol. The third-order valence-electron chi connectivity index (χ3n) is 5.54. The fraction of sp³-hybridized carbons (Fsp3) is 0.450. The Balaban J connectivity index is 1.54. The standard InChI is InChI=1S/C20H25N3O2/c1-14-10-16-4-2-3-5-18(16)23(14)13-17-7-9-25-19(17)20(24)22-8-6-15(11-21)12-22/h2-5,7,9,14-15H,6,8,10-13,21H2,1H3/t14-,15-/m1/s1. The highest BCUT2D eigenvalue weighted by Gasteiger charge is 2.31. The maximum absolute atomic E-state index is 12.9. The smallest absolute Gasteiger partial charge is 0.289 e. The van der Waals surface area contributed by atoms with Gasteiger partial charge in [-0.2, -0.15) is 0 Å². The number of amides is 1. The van der Waals surface area contributed by atoms with E-state index < -0.39 is 0 Å². The minimum absolute atomic E-state index is 0.00362. The van der Waals surface area contributed by atoms with E-state index in [1.165, 1.54) is 11.3 Å². The summed E-state index contributed by atoms with van der Waals surface area (Å²) in [5.41, 5.74) is 9.34. The number of hydrogen-bond acceptors (Lipinski definition) is 4. The van der Waals surface area contributed by atoms with E-state index in [-0.39, 0.29) is 5.91 Å². The Labute approximate surface area is 148 Å². The van der Waals surface area contributed by atoms with Crippen LogP contribution in [0.25, 0.3) is 0 Å². The topological polar surface area (TPSA) is 62.7 Å². The number of likely N-dealkylation sites (tertiary alicyclic amines) is 1. The summed E-state index contributed by atoms with van der Waals surface area (Å²) in [6.45, 7) is 5.07. The van der Waals surface area contributed by atoms with Crippen LogP contribution in [0.2, 0.25) is 0 Å². The highest BCUT2D eigenvalue weighted by Crippen LogP contribution is 2.34. The summed E-state index contributed by atoms with van der Waals surface area (Å²) in [6.07, 6.45) is 3.65. The molecule has 5 heteroatoms. The Morgan fingerprint density at radius 3 is 2.96 bits per heavy atom. The summed E-state index contributed by atoms with van der Waals surface area (Å²) < 4.78 is 5.59. The van der Waals surface area contributed by atoms with Gasteiger partial charge in [-0.15, -0.1) is 0 Å². The number of furan rings is 1. The van der Waals surface area contributed by atoms with Crippen LogP contribution in [0.1, 0.15) is 35.0 Å². The molecule has 2 atom stereocenters. The molecule has 3 heterocycles. The molecular formula is C20H25N3O2. The summed E-state index contributed by atoms with van der Waals surface area (Å²) >= 11 is 0. The van der Waals surface area contributed by atoms with E-state index in [0.29, 0.717) is 30.8 Å². The van der Waals surface area contributed by atoms with Crippen molar-refractivity contribution in [2.45, 2.75) is 32.4 Å². The highest BCUT2D eigenvalue weighted by molar-refractivity contribution is 5.93. The predicted molar refractivity (Wildman–Crippen MR) is 97.6 cm³/mol. The Morgan fingerprint density at radius 1 is 1.32 bits per heavy atom. The van der Waals surface area contributed by atoms with Gasteiger partial charge in [0.05, 0.1) is 6.26 Å². The lowest BCUT2D eigenvalue weighted by Gasteiger charge is -2.25. The third kappa shape index (κ3) is 2.93. The second kappa shape index (κ2) is 6.56. The number of carbonyl (C=O) groups excluding carboxylic acids is 1. The van der Waals surface area contributed by atoms with Gasteiger partial charge in [0.15, 0.2) is 5.76 Å². The molecule has 1 fully saturated rings. The third-order valence-corrected chi connectivity index (χ3v) is 5.54. The monoisotopic (exact) mass is 339 g/mol. The van der Waals surface area contributed by atoms with Crippen molar-refractivity contribution in [3.63, 3.8) is 0 Å². The molecule has 1 aromatic heterocycles. The van der Waals surface area contributed by atoms with Crippen LogP contribution in [-0.4, -0.2) is 36.5 Å². The summed E-state index contributed by atoms with van der Waals surface area (Å²) in [6, 6.07) is 10.9. The lowest BCUT2D eigenvalue weighted by molar-refractivity contribution is 0.0754. The molecule has 2 aliphatic rings. The summed E-state index contributed by atoms with van der Waals surface area (Å²) in [5.74, 6) is 0.887. The molecule has 25 heavy (non-hydrogen) atoms. The number of nitrogens with two attached hydrogens (primary N) is 1. The second-order valence-electron chi connectivity index (χ2n) is 7.23. The fourth-order valence-electron chi connectivity index (χ4n) is 4.05. The van der Waals surface area contributed by atoms with Crippen LogP contribution in [0.3, 0.4) is 0 Å². The SMILES string of the molecule is C[C@@H]1Cc2ccccc2N1Cc1ccoc1C(=O)N1CC[C@H](CN)C1. The zero-order chi connectivity index (χ0) is 17.4. The molecule has 0 aliphatic carbocycles. The molecule has 2 aromatic rings. The number of fused-ring (bicyclic) bond motifs is 1. The molecule has 0 radical (unpaired) electrons. The zero-order valence-electron chi connectivity index (χ0n) is 14.6. The molecular weight excluding hydrogens is 314 g/mol. The molecule has 1 amide bonds. The van der Waals surface area contributed by atoms with E-state index in [0.717, 1.165) is 31.5 Å². The number of anilines is 1. The van der Waals surface area contributed by atoms with Crippen molar-refractivity contribution in [2.24, 2.45) is 11.7 Å². The number of rotatable bonds is 4. The van der Waals surface area contributed by atoms with Gasteiger partial charge in [0.1, 0.15) is 0 Å². The molecule has 1 saturated heterocycles. The van der Waals surface area contributed by atoms with E-state index in [4.69, 9.17) is 10.2 Å². The van der Waals surface area contributed by atoms with Crippen molar-refractivity contribution in [1.82, 2.24) is 4.90 Å². The van der Waals surface area contributed by atoms with Gasteiger partial charge in [0.25, 0.3) is 5.91 Å². The van der Waals surface area contributed by atoms with Crippen LogP contribution >= 0.6 is 0 Å².